The van der Waals surface area contributed by atoms with Gasteiger partial charge in [0.2, 0.25) is 17.7 Å². The number of carbonyl (C=O) groups is 3. The normalized spacial score (nSPS) is 15.7. The van der Waals surface area contributed by atoms with Crippen molar-refractivity contribution >= 4 is 40.9 Å². The molecule has 0 saturated heterocycles. The molecule has 0 unspecified atom stereocenters. The topological polar surface area (TPSA) is 78.5 Å². The highest BCUT2D eigenvalue weighted by atomic mass is 32.2. The summed E-state index contributed by atoms with van der Waals surface area (Å²) in [6.07, 6.45) is -4.76. The first-order valence-electron chi connectivity index (χ1n) is 8.91. The summed E-state index contributed by atoms with van der Waals surface area (Å²) < 4.78 is 39.1. The number of alkyl halides is 3. The van der Waals surface area contributed by atoms with E-state index in [-0.39, 0.29) is 18.0 Å². The van der Waals surface area contributed by atoms with E-state index in [1.54, 1.807) is 12.1 Å². The summed E-state index contributed by atoms with van der Waals surface area (Å²) in [4.78, 5) is 38.8. The number of nitrogens with zero attached hydrogens (tertiary/aromatic N) is 1. The number of likely N-dealkylation sites (N-methyl/N-ethyl adjacent to an activating group) is 1. The fourth-order valence-corrected chi connectivity index (χ4v) is 3.98. The molecule has 0 radical (unpaired) electrons. The number of anilines is 2. The molecule has 0 saturated carbocycles. The van der Waals surface area contributed by atoms with E-state index < -0.39 is 35.3 Å². The molecule has 1 aliphatic heterocycles. The van der Waals surface area contributed by atoms with Crippen molar-refractivity contribution in [1.29, 1.82) is 0 Å². The molecule has 3 rings (SSSR count). The molecule has 0 aromatic heterocycles. The average Bonchev–Trinajstić information content (AvgIpc) is 2.68. The van der Waals surface area contributed by atoms with E-state index in [0.29, 0.717) is 5.69 Å². The third kappa shape index (κ3) is 5.12. The predicted octanol–water partition coefficient (Wildman–Crippen LogP) is 3.61. The Hall–Kier alpha value is -3.01. The Balaban J connectivity index is 1.59. The van der Waals surface area contributed by atoms with E-state index in [1.165, 1.54) is 30.9 Å². The number of nitrogens with one attached hydrogen (secondary N) is 2. The summed E-state index contributed by atoms with van der Waals surface area (Å²) in [5.74, 6) is -1.56. The van der Waals surface area contributed by atoms with Crippen molar-refractivity contribution in [2.75, 3.05) is 24.2 Å². The Morgan fingerprint density at radius 2 is 1.80 bits per heavy atom. The van der Waals surface area contributed by atoms with E-state index >= 15 is 0 Å². The van der Waals surface area contributed by atoms with Crippen LogP contribution in [-0.2, 0) is 20.6 Å². The van der Waals surface area contributed by atoms with Crippen molar-refractivity contribution in [3.05, 3.63) is 54.1 Å². The van der Waals surface area contributed by atoms with Crippen LogP contribution >= 0.6 is 11.8 Å². The molecule has 1 atom stereocenters. The van der Waals surface area contributed by atoms with Crippen molar-refractivity contribution < 1.29 is 27.6 Å². The van der Waals surface area contributed by atoms with Gasteiger partial charge in [0.1, 0.15) is 0 Å². The van der Waals surface area contributed by atoms with Crippen molar-refractivity contribution in [1.82, 2.24) is 4.90 Å². The van der Waals surface area contributed by atoms with Crippen LogP contribution in [0.4, 0.5) is 24.5 Å². The first kappa shape index (κ1) is 21.7. The summed E-state index contributed by atoms with van der Waals surface area (Å²) in [5.41, 5.74) is -0.678. The Morgan fingerprint density at radius 1 is 1.13 bits per heavy atom. The second-order valence-electron chi connectivity index (χ2n) is 6.64. The van der Waals surface area contributed by atoms with Gasteiger partial charge in [-0.15, -0.1) is 11.8 Å². The van der Waals surface area contributed by atoms with Crippen molar-refractivity contribution in [3.63, 3.8) is 0 Å². The van der Waals surface area contributed by atoms with Crippen molar-refractivity contribution in [2.24, 2.45) is 0 Å². The third-order valence-corrected chi connectivity index (χ3v) is 5.65. The summed E-state index contributed by atoms with van der Waals surface area (Å²) in [6, 6.07) is 11.8. The van der Waals surface area contributed by atoms with Gasteiger partial charge in [0.25, 0.3) is 0 Å². The number of rotatable bonds is 5. The molecule has 0 spiro atoms. The average molecular weight is 437 g/mol. The van der Waals surface area contributed by atoms with Gasteiger partial charge in [-0.3, -0.25) is 14.4 Å². The van der Waals surface area contributed by atoms with Crippen LogP contribution in [0.15, 0.2) is 53.4 Å². The third-order valence-electron chi connectivity index (χ3n) is 4.38. The summed E-state index contributed by atoms with van der Waals surface area (Å²) >= 11 is 1.25. The fraction of sp³-hybridized carbons (Fsp3) is 0.250. The molecule has 158 valence electrons. The second-order valence-corrected chi connectivity index (χ2v) is 7.88. The number of amides is 3. The maximum Gasteiger partial charge on any atom is 0.418 e. The van der Waals surface area contributed by atoms with Gasteiger partial charge in [0.05, 0.1) is 28.7 Å². The van der Waals surface area contributed by atoms with Crippen LogP contribution in [0.3, 0.4) is 0 Å². The molecule has 10 heteroatoms. The molecule has 6 nitrogen and oxygen atoms in total. The van der Waals surface area contributed by atoms with Crippen LogP contribution < -0.4 is 10.6 Å². The van der Waals surface area contributed by atoms with Gasteiger partial charge in [-0.1, -0.05) is 24.3 Å². The summed E-state index contributed by atoms with van der Waals surface area (Å²) in [5, 5.41) is 4.26. The highest BCUT2D eigenvalue weighted by molar-refractivity contribution is 8.01. The van der Waals surface area contributed by atoms with Gasteiger partial charge >= 0.3 is 6.18 Å². The zero-order valence-corrected chi connectivity index (χ0v) is 16.6. The molecule has 30 heavy (non-hydrogen) atoms. The molecule has 0 aliphatic carbocycles. The Labute approximate surface area is 174 Å². The van der Waals surface area contributed by atoms with Gasteiger partial charge in [0.15, 0.2) is 0 Å². The molecule has 0 bridgehead atoms. The summed E-state index contributed by atoms with van der Waals surface area (Å²) in [6.45, 7) is -0.444. The van der Waals surface area contributed by atoms with E-state index in [2.05, 4.69) is 10.6 Å². The number of fused-ring (bicyclic) bond motifs is 1. The second kappa shape index (κ2) is 8.78. The van der Waals surface area contributed by atoms with Crippen molar-refractivity contribution in [3.8, 4) is 0 Å². The SMILES string of the molecule is CN(CC(=O)Nc1ccccc1C(F)(F)F)C(=O)C[C@@H]1Sc2ccccc2NC1=O. The quantitative estimate of drug-likeness (QED) is 0.749. The zero-order chi connectivity index (χ0) is 21.9. The summed E-state index contributed by atoms with van der Waals surface area (Å²) in [7, 11) is 1.36. The van der Waals surface area contributed by atoms with Crippen LogP contribution in [0, 0.1) is 0 Å². The number of benzene rings is 2. The van der Waals surface area contributed by atoms with Crippen LogP contribution in [0.1, 0.15) is 12.0 Å². The molecule has 2 aromatic rings. The van der Waals surface area contributed by atoms with Crippen LogP contribution in [0.2, 0.25) is 0 Å². The minimum atomic E-state index is -4.62. The van der Waals surface area contributed by atoms with E-state index in [9.17, 15) is 27.6 Å². The van der Waals surface area contributed by atoms with E-state index in [4.69, 9.17) is 0 Å². The molecular formula is C20H18F3N3O3S. The van der Waals surface area contributed by atoms with Gasteiger partial charge in [-0.2, -0.15) is 13.2 Å². The molecular weight excluding hydrogens is 419 g/mol. The number of thioether (sulfide) groups is 1. The maximum absolute atomic E-state index is 13.0. The molecule has 0 fully saturated rings. The fourth-order valence-electron chi connectivity index (χ4n) is 2.87. The number of hydrogen-bond donors (Lipinski definition) is 2. The molecule has 1 heterocycles. The van der Waals surface area contributed by atoms with E-state index in [0.717, 1.165) is 21.9 Å². The van der Waals surface area contributed by atoms with Gasteiger partial charge in [-0.05, 0) is 24.3 Å². The Kier molecular flexibility index (Phi) is 6.35. The minimum absolute atomic E-state index is 0.145. The van der Waals surface area contributed by atoms with E-state index in [1.807, 2.05) is 12.1 Å². The standard InChI is InChI=1S/C20H18F3N3O3S/c1-26(11-17(27)24-13-7-3-2-6-12(13)20(21,22)23)18(28)10-16-19(29)25-14-8-4-5-9-15(14)30-16/h2-9,16H,10-11H2,1H3,(H,24,27)(H,25,29)/t16-/m0/s1. The van der Waals surface area contributed by atoms with Gasteiger partial charge in [-0.25, -0.2) is 0 Å². The van der Waals surface area contributed by atoms with Crippen LogP contribution in [-0.4, -0.2) is 41.5 Å². The minimum Gasteiger partial charge on any atom is -0.336 e. The molecule has 3 amide bonds. The monoisotopic (exact) mass is 437 g/mol. The van der Waals surface area contributed by atoms with Gasteiger partial charge < -0.3 is 15.5 Å². The number of para-hydroxylation sites is 2. The lowest BCUT2D eigenvalue weighted by Crippen LogP contribution is -2.39. The maximum atomic E-state index is 13.0. The highest BCUT2D eigenvalue weighted by Gasteiger charge is 2.34. The largest absolute Gasteiger partial charge is 0.418 e. The predicted molar refractivity (Wildman–Crippen MR) is 107 cm³/mol. The first-order chi connectivity index (χ1) is 14.1. The highest BCUT2D eigenvalue weighted by Crippen LogP contribution is 2.37. The molecule has 2 N–H and O–H groups in total. The molecule has 1 aliphatic rings. The van der Waals surface area contributed by atoms with Gasteiger partial charge in [0, 0.05) is 18.4 Å². The lowest BCUT2D eigenvalue weighted by Gasteiger charge is -2.25. The zero-order valence-electron chi connectivity index (χ0n) is 15.8. The number of hydrogen-bond acceptors (Lipinski definition) is 4. The lowest BCUT2D eigenvalue weighted by atomic mass is 10.1. The van der Waals surface area contributed by atoms with Crippen LogP contribution in [0.25, 0.3) is 0 Å². The van der Waals surface area contributed by atoms with Crippen molar-refractivity contribution in [2.45, 2.75) is 22.7 Å². The lowest BCUT2D eigenvalue weighted by molar-refractivity contribution is -0.137. The first-order valence-corrected chi connectivity index (χ1v) is 9.79. The smallest absolute Gasteiger partial charge is 0.336 e. The number of halogens is 3. The van der Waals surface area contributed by atoms with Crippen LogP contribution in [0.5, 0.6) is 0 Å². The molecule has 2 aromatic carbocycles. The Bertz CT molecular complexity index is 981. The Morgan fingerprint density at radius 3 is 2.53 bits per heavy atom. The number of carbonyl (C=O) groups excluding carboxylic acids is 3.